The molecule has 0 bridgehead atoms. The minimum absolute atomic E-state index is 0. The van der Waals surface area contributed by atoms with Gasteiger partial charge in [-0.3, -0.25) is 0 Å². The highest BCUT2D eigenvalue weighted by Crippen LogP contribution is 2.05. The van der Waals surface area contributed by atoms with Gasteiger partial charge in [0, 0.05) is 0 Å². The summed E-state index contributed by atoms with van der Waals surface area (Å²) in [7, 11) is 0. The fourth-order valence-corrected chi connectivity index (χ4v) is 1.32. The average Bonchev–Trinajstić information content (AvgIpc) is 2.62. The van der Waals surface area contributed by atoms with Gasteiger partial charge in [0.05, 0.1) is 25.2 Å². The number of rotatable bonds is 10. The van der Waals surface area contributed by atoms with Crippen LogP contribution < -0.4 is 10.2 Å². The Morgan fingerprint density at radius 3 is 0.963 bits per heavy atom. The fourth-order valence-electron chi connectivity index (χ4n) is 1.32. The van der Waals surface area contributed by atoms with Crippen molar-refractivity contribution in [3.8, 4) is 0 Å². The molecular weight excluding hydrogens is 384 g/mol. The standard InChI is InChI=1S/2C6H12O7.O/c2*7-1-2(8)3(9)4(10)5(11)6(12)13;/h2*2-5,7-11H,1H2,(H,12,13);/q;;+2/p-2/t2*2-,3-,4+,5-;/m11./s1. The van der Waals surface area contributed by atoms with Gasteiger partial charge in [-0.15, -0.1) is 0 Å². The molecule has 0 aromatic heterocycles. The summed E-state index contributed by atoms with van der Waals surface area (Å²) in [6.07, 6.45) is -16.2. The predicted molar refractivity (Wildman–Crippen MR) is 72.9 cm³/mol. The van der Waals surface area contributed by atoms with E-state index in [4.69, 9.17) is 51.1 Å². The Kier molecular flexibility index (Phi) is 16.3. The van der Waals surface area contributed by atoms with E-state index in [9.17, 15) is 19.8 Å². The number of aliphatic carboxylic acids is 2. The molecule has 0 spiro atoms. The van der Waals surface area contributed by atoms with Crippen LogP contribution in [0.4, 0.5) is 0 Å². The van der Waals surface area contributed by atoms with Crippen LogP contribution in [0.2, 0.25) is 0 Å². The summed E-state index contributed by atoms with van der Waals surface area (Å²) in [6, 6.07) is 0. The molecule has 0 saturated heterocycles. The van der Waals surface area contributed by atoms with Crippen molar-refractivity contribution in [2.45, 2.75) is 48.8 Å². The first-order valence-electron chi connectivity index (χ1n) is 6.91. The third kappa shape index (κ3) is 10.4. The number of carbonyl (C=O) groups is 2. The quantitative estimate of drug-likeness (QED) is 0.161. The number of hydrogen-bond acceptors (Lipinski definition) is 14. The minimum Gasteiger partial charge on any atom is -0.547 e. The van der Waals surface area contributed by atoms with Gasteiger partial charge >= 0.3 is 5.48 Å². The highest BCUT2D eigenvalue weighted by molar-refractivity contribution is 5.70. The van der Waals surface area contributed by atoms with E-state index < -0.39 is 74.0 Å². The number of hydrogen-bond donors (Lipinski definition) is 10. The number of carboxylic acids is 2. The second-order valence-corrected chi connectivity index (χ2v) is 4.99. The molecule has 0 aromatic carbocycles. The summed E-state index contributed by atoms with van der Waals surface area (Å²) in [5.74, 6) is -3.95. The summed E-state index contributed by atoms with van der Waals surface area (Å²) in [4.78, 5) is 20.0. The van der Waals surface area contributed by atoms with Crippen molar-refractivity contribution >= 4 is 11.9 Å². The molecule has 0 aromatic rings. The van der Waals surface area contributed by atoms with Crippen molar-refractivity contribution in [2.75, 3.05) is 13.2 Å². The summed E-state index contributed by atoms with van der Waals surface area (Å²) < 4.78 is 0. The molecule has 0 aliphatic carbocycles. The maximum Gasteiger partial charge on any atom is 2.00 e. The van der Waals surface area contributed by atoms with Gasteiger partial charge in [0.25, 0.3) is 0 Å². The summed E-state index contributed by atoms with van der Waals surface area (Å²) in [6.45, 7) is -1.73. The third-order valence-corrected chi connectivity index (χ3v) is 2.99. The normalized spacial score (nSPS) is 19.6. The molecule has 4 radical (unpaired) electrons. The Hall–Kier alpha value is -1.50. The average molecular weight is 406 g/mol. The molecule has 0 aliphatic heterocycles. The minimum atomic E-state index is -2.31. The Labute approximate surface area is 151 Å². The lowest BCUT2D eigenvalue weighted by atomic mass is 10.0. The van der Waals surface area contributed by atoms with Crippen molar-refractivity contribution < 1.29 is 76.3 Å². The number of carboxylic acid groups (broad SMARTS) is 2. The molecule has 10 N–H and O–H groups in total. The van der Waals surface area contributed by atoms with Crippen LogP contribution >= 0.6 is 0 Å². The van der Waals surface area contributed by atoms with Gasteiger partial charge in [0.15, 0.2) is 0 Å². The topological polar surface area (TPSA) is 311 Å². The van der Waals surface area contributed by atoms with Crippen LogP contribution in [0.15, 0.2) is 0 Å². The first-order valence-corrected chi connectivity index (χ1v) is 6.91. The highest BCUT2D eigenvalue weighted by Gasteiger charge is 2.31. The van der Waals surface area contributed by atoms with Gasteiger partial charge in [0.1, 0.15) is 48.8 Å². The van der Waals surface area contributed by atoms with Crippen molar-refractivity contribution in [3.05, 3.63) is 0 Å². The summed E-state index contributed by atoms with van der Waals surface area (Å²) in [5, 5.41) is 107. The van der Waals surface area contributed by atoms with Gasteiger partial charge < -0.3 is 70.9 Å². The molecule has 0 amide bonds. The third-order valence-electron chi connectivity index (χ3n) is 2.99. The molecule has 0 rings (SSSR count). The Bertz CT molecular complexity index is 380. The lowest BCUT2D eigenvalue weighted by Crippen LogP contribution is -2.52. The molecule has 8 atom stereocenters. The molecular formula is C12H22O15. The van der Waals surface area contributed by atoms with E-state index >= 15 is 0 Å². The van der Waals surface area contributed by atoms with Gasteiger partial charge in [-0.1, -0.05) is 0 Å². The first kappa shape index (κ1) is 30.2. The molecule has 0 unspecified atom stereocenters. The zero-order valence-electron chi connectivity index (χ0n) is 13.5. The molecule has 0 fully saturated rings. The van der Waals surface area contributed by atoms with E-state index in [1.165, 1.54) is 0 Å². The molecule has 160 valence electrons. The zero-order chi connectivity index (χ0) is 21.2. The second kappa shape index (κ2) is 14.5. The van der Waals surface area contributed by atoms with E-state index in [-0.39, 0.29) is 5.48 Å². The number of aliphatic hydroxyl groups is 10. The number of carbonyl (C=O) groups excluding carboxylic acids is 2. The van der Waals surface area contributed by atoms with Crippen LogP contribution in [0.5, 0.6) is 0 Å². The van der Waals surface area contributed by atoms with Crippen molar-refractivity contribution in [1.29, 1.82) is 0 Å². The van der Waals surface area contributed by atoms with Crippen LogP contribution in [0, 0.1) is 0 Å². The fraction of sp³-hybridized carbons (Fsp3) is 0.833. The van der Waals surface area contributed by atoms with Crippen LogP contribution in [0.3, 0.4) is 0 Å². The second-order valence-electron chi connectivity index (χ2n) is 4.99. The van der Waals surface area contributed by atoms with Crippen LogP contribution in [-0.4, -0.2) is 125 Å². The maximum absolute atomic E-state index is 9.98. The Balaban J connectivity index is -0.000000411. The first-order chi connectivity index (χ1) is 11.8. The lowest BCUT2D eigenvalue weighted by molar-refractivity contribution is -0.321. The molecule has 0 aliphatic rings. The van der Waals surface area contributed by atoms with Gasteiger partial charge in [-0.25, -0.2) is 0 Å². The van der Waals surface area contributed by atoms with Crippen LogP contribution in [0.1, 0.15) is 0 Å². The van der Waals surface area contributed by atoms with Crippen LogP contribution in [0.25, 0.3) is 0 Å². The SMILES string of the molecule is O=C([O-])[C@H](O)[C@@H](O)[C@H](O)[C@H](O)CO.O=C([O-])[C@H](O)[C@@H](O)[C@H](O)[C@H](O)CO.[O+2]. The van der Waals surface area contributed by atoms with Gasteiger partial charge in [-0.2, -0.15) is 0 Å². The zero-order valence-corrected chi connectivity index (χ0v) is 13.5. The molecule has 27 heavy (non-hydrogen) atoms. The van der Waals surface area contributed by atoms with Crippen molar-refractivity contribution in [3.63, 3.8) is 0 Å². The Morgan fingerprint density at radius 2 is 0.815 bits per heavy atom. The highest BCUT2D eigenvalue weighted by atomic mass is 16.4. The molecule has 15 nitrogen and oxygen atoms in total. The van der Waals surface area contributed by atoms with E-state index in [2.05, 4.69) is 0 Å². The van der Waals surface area contributed by atoms with E-state index in [1.807, 2.05) is 0 Å². The summed E-state index contributed by atoms with van der Waals surface area (Å²) >= 11 is 0. The maximum atomic E-state index is 9.98. The van der Waals surface area contributed by atoms with E-state index in [0.717, 1.165) is 0 Å². The molecule has 0 heterocycles. The van der Waals surface area contributed by atoms with Gasteiger partial charge in [-0.05, 0) is 0 Å². The largest absolute Gasteiger partial charge is 2.00 e. The van der Waals surface area contributed by atoms with E-state index in [0.29, 0.717) is 0 Å². The molecule has 15 heteroatoms. The smallest absolute Gasteiger partial charge is 0.547 e. The van der Waals surface area contributed by atoms with Crippen LogP contribution in [-0.2, 0) is 15.1 Å². The predicted octanol–water partition coefficient (Wildman–Crippen LogP) is -9.77. The van der Waals surface area contributed by atoms with Gasteiger partial charge in [0.2, 0.25) is 0 Å². The number of aliphatic hydroxyl groups excluding tert-OH is 10. The summed E-state index contributed by atoms with van der Waals surface area (Å²) in [5.41, 5.74) is 0. The Morgan fingerprint density at radius 1 is 0.593 bits per heavy atom. The van der Waals surface area contributed by atoms with E-state index in [1.54, 1.807) is 0 Å². The lowest BCUT2D eigenvalue weighted by Gasteiger charge is -2.25. The van der Waals surface area contributed by atoms with Crippen molar-refractivity contribution in [1.82, 2.24) is 0 Å². The molecule has 0 saturated carbocycles. The monoisotopic (exact) mass is 406 g/mol. The van der Waals surface area contributed by atoms with Crippen molar-refractivity contribution in [2.24, 2.45) is 0 Å².